The number of hydrogen-bond donors (Lipinski definition) is 1. The second-order valence-corrected chi connectivity index (χ2v) is 9.77. The number of aromatic hydroxyl groups is 1. The summed E-state index contributed by atoms with van der Waals surface area (Å²) >= 11 is 7.31. The number of phenolic OH excluding ortho intramolecular Hbond substituents is 1. The fourth-order valence-electron chi connectivity index (χ4n) is 4.02. The van der Waals surface area contributed by atoms with Crippen LogP contribution in [0.1, 0.15) is 31.0 Å². The number of thiazole rings is 1. The summed E-state index contributed by atoms with van der Waals surface area (Å²) in [5, 5.41) is 10.6. The quantitative estimate of drug-likeness (QED) is 0.513. The molecule has 0 radical (unpaired) electrons. The summed E-state index contributed by atoms with van der Waals surface area (Å²) in [6.07, 6.45) is 2.08. The number of carbonyl (C=O) groups is 1. The number of aromatic nitrogens is 1. The highest BCUT2D eigenvalue weighted by atomic mass is 35.5. The Kier molecular flexibility index (Phi) is 7.14. The molecule has 35 heavy (non-hydrogen) atoms. The number of anilines is 1. The molecule has 1 atom stereocenters. The van der Waals surface area contributed by atoms with Crippen molar-refractivity contribution in [2.75, 3.05) is 25.6 Å². The Labute approximate surface area is 211 Å². The van der Waals surface area contributed by atoms with Gasteiger partial charge in [0.2, 0.25) is 0 Å². The van der Waals surface area contributed by atoms with Crippen molar-refractivity contribution < 1.29 is 14.6 Å². The monoisotopic (exact) mass is 511 g/mol. The van der Waals surface area contributed by atoms with Gasteiger partial charge in [-0.2, -0.15) is 0 Å². The zero-order valence-corrected chi connectivity index (χ0v) is 21.5. The van der Waals surface area contributed by atoms with Crippen LogP contribution in [0, 0.1) is 0 Å². The minimum atomic E-state index is -0.664. The summed E-state index contributed by atoms with van der Waals surface area (Å²) in [5.41, 5.74) is 3.00. The Morgan fingerprint density at radius 1 is 1.26 bits per heavy atom. The topological polar surface area (TPSA) is 84.1 Å². The largest absolute Gasteiger partial charge is 0.508 e. The molecule has 0 spiro atoms. The molecule has 3 aromatic rings. The van der Waals surface area contributed by atoms with Crippen molar-refractivity contribution in [2.24, 2.45) is 4.99 Å². The molecule has 0 unspecified atom stereocenters. The van der Waals surface area contributed by atoms with Crippen molar-refractivity contribution in [3.8, 4) is 5.75 Å². The summed E-state index contributed by atoms with van der Waals surface area (Å²) in [5.74, 6) is -0.383. The number of phenols is 1. The van der Waals surface area contributed by atoms with Gasteiger partial charge >= 0.3 is 5.97 Å². The van der Waals surface area contributed by atoms with Gasteiger partial charge in [-0.15, -0.1) is 0 Å². The molecular weight excluding hydrogens is 486 g/mol. The molecule has 182 valence electrons. The van der Waals surface area contributed by atoms with Crippen LogP contribution >= 0.6 is 22.9 Å². The van der Waals surface area contributed by atoms with Gasteiger partial charge < -0.3 is 14.7 Å². The minimum Gasteiger partial charge on any atom is -0.508 e. The van der Waals surface area contributed by atoms with Crippen LogP contribution in [0.15, 0.2) is 63.5 Å². The smallest absolute Gasteiger partial charge is 0.338 e. The Bertz CT molecular complexity index is 1490. The lowest BCUT2D eigenvalue weighted by molar-refractivity contribution is -0.139. The first kappa shape index (κ1) is 24.8. The molecule has 2 heterocycles. The van der Waals surface area contributed by atoms with E-state index in [0.717, 1.165) is 11.3 Å². The zero-order valence-electron chi connectivity index (χ0n) is 19.9. The maximum atomic E-state index is 13.6. The fourth-order valence-corrected chi connectivity index (χ4v) is 5.23. The summed E-state index contributed by atoms with van der Waals surface area (Å²) in [6.45, 7) is 3.72. The highest BCUT2D eigenvalue weighted by Crippen LogP contribution is 2.31. The maximum absolute atomic E-state index is 13.6. The molecule has 0 saturated carbocycles. The number of benzene rings is 2. The first-order valence-corrected chi connectivity index (χ1v) is 12.3. The number of halogens is 1. The third kappa shape index (κ3) is 4.90. The van der Waals surface area contributed by atoms with Gasteiger partial charge in [-0.3, -0.25) is 9.36 Å². The average Bonchev–Trinajstić information content (AvgIpc) is 3.13. The highest BCUT2D eigenvalue weighted by Gasteiger charge is 2.33. The molecule has 1 aliphatic rings. The van der Waals surface area contributed by atoms with E-state index < -0.39 is 12.0 Å². The van der Waals surface area contributed by atoms with Crippen LogP contribution in [0.25, 0.3) is 6.08 Å². The highest BCUT2D eigenvalue weighted by molar-refractivity contribution is 7.07. The first-order chi connectivity index (χ1) is 16.7. The lowest BCUT2D eigenvalue weighted by Crippen LogP contribution is -2.40. The van der Waals surface area contributed by atoms with Crippen molar-refractivity contribution in [1.82, 2.24) is 4.57 Å². The Hall–Kier alpha value is -3.36. The number of hydrogen-bond acceptors (Lipinski definition) is 7. The predicted octanol–water partition coefficient (Wildman–Crippen LogP) is 3.42. The van der Waals surface area contributed by atoms with E-state index in [1.165, 1.54) is 17.4 Å². The van der Waals surface area contributed by atoms with E-state index in [9.17, 15) is 14.7 Å². The van der Waals surface area contributed by atoms with E-state index in [4.69, 9.17) is 16.3 Å². The lowest BCUT2D eigenvalue weighted by Gasteiger charge is -2.25. The first-order valence-electron chi connectivity index (χ1n) is 11.1. The summed E-state index contributed by atoms with van der Waals surface area (Å²) < 4.78 is 7.35. The second kappa shape index (κ2) is 10.1. The molecule has 1 aliphatic heterocycles. The van der Waals surface area contributed by atoms with E-state index in [-0.39, 0.29) is 17.9 Å². The molecule has 1 N–H and O–H groups in total. The molecule has 7 nitrogen and oxygen atoms in total. The number of esters is 1. The van der Waals surface area contributed by atoms with Crippen molar-refractivity contribution >= 4 is 40.7 Å². The molecule has 4 rings (SSSR count). The third-order valence-corrected chi connectivity index (χ3v) is 7.06. The molecule has 1 aromatic heterocycles. The van der Waals surface area contributed by atoms with Gasteiger partial charge in [-0.25, -0.2) is 9.79 Å². The molecule has 0 bridgehead atoms. The minimum absolute atomic E-state index is 0.109. The summed E-state index contributed by atoms with van der Waals surface area (Å²) in [7, 11) is 3.90. The van der Waals surface area contributed by atoms with Crippen LogP contribution < -0.4 is 19.8 Å². The van der Waals surface area contributed by atoms with E-state index in [1.54, 1.807) is 36.6 Å². The van der Waals surface area contributed by atoms with Gasteiger partial charge in [0, 0.05) is 24.8 Å². The molecule has 9 heteroatoms. The van der Waals surface area contributed by atoms with Crippen molar-refractivity contribution in [1.29, 1.82) is 0 Å². The molecule has 0 amide bonds. The Balaban J connectivity index is 1.86. The fraction of sp³-hybridized carbons (Fsp3) is 0.269. The van der Waals surface area contributed by atoms with Crippen molar-refractivity contribution in [2.45, 2.75) is 26.3 Å². The van der Waals surface area contributed by atoms with Gasteiger partial charge in [-0.05, 0) is 61.7 Å². The van der Waals surface area contributed by atoms with E-state index in [2.05, 4.69) is 4.99 Å². The number of nitrogens with zero attached hydrogens (tertiary/aromatic N) is 3. The van der Waals surface area contributed by atoms with E-state index >= 15 is 0 Å². The van der Waals surface area contributed by atoms with Crippen LogP contribution in [0.2, 0.25) is 5.02 Å². The lowest BCUT2D eigenvalue weighted by atomic mass is 9.95. The molecule has 0 saturated heterocycles. The van der Waals surface area contributed by atoms with Gasteiger partial charge in [0.25, 0.3) is 5.56 Å². The molecule has 0 aliphatic carbocycles. The van der Waals surface area contributed by atoms with Crippen LogP contribution in [0.5, 0.6) is 5.75 Å². The number of carbonyl (C=O) groups excluding carboxylic acids is 1. The van der Waals surface area contributed by atoms with E-state index in [0.29, 0.717) is 37.6 Å². The van der Waals surface area contributed by atoms with Crippen LogP contribution in [-0.2, 0) is 16.0 Å². The Morgan fingerprint density at radius 2 is 1.97 bits per heavy atom. The normalized spacial score (nSPS) is 15.6. The number of ether oxygens (including phenoxy) is 1. The molecule has 2 aromatic carbocycles. The third-order valence-electron chi connectivity index (χ3n) is 5.79. The van der Waals surface area contributed by atoms with Gasteiger partial charge in [-0.1, -0.05) is 41.1 Å². The zero-order chi connectivity index (χ0) is 25.3. The van der Waals surface area contributed by atoms with Gasteiger partial charge in [0.05, 0.1) is 28.5 Å². The standard InChI is InChI=1S/C26H26ClN3O4S/c1-5-34-25(33)22-15(2)28-26-30(23(22)16-6-10-19(11-7-16)29(3)4)24(32)21(35-26)13-8-17-14-18(27)9-12-20(17)31/h6-7,9-14,23,31H,5,8H2,1-4H3/b21-13-/t23-/m1/s1. The van der Waals surface area contributed by atoms with Crippen LogP contribution in [0.3, 0.4) is 0 Å². The van der Waals surface area contributed by atoms with Crippen LogP contribution in [0.4, 0.5) is 5.69 Å². The summed E-state index contributed by atoms with van der Waals surface area (Å²) in [4.78, 5) is 33.6. The molecule has 0 fully saturated rings. The maximum Gasteiger partial charge on any atom is 0.338 e. The summed E-state index contributed by atoms with van der Waals surface area (Å²) in [6, 6.07) is 11.9. The second-order valence-electron chi connectivity index (χ2n) is 8.33. The Morgan fingerprint density at radius 3 is 2.63 bits per heavy atom. The number of allylic oxidation sites excluding steroid dienone is 1. The van der Waals surface area contributed by atoms with Gasteiger partial charge in [0.1, 0.15) is 5.75 Å². The van der Waals surface area contributed by atoms with E-state index in [1.807, 2.05) is 43.3 Å². The number of rotatable bonds is 6. The average molecular weight is 512 g/mol. The predicted molar refractivity (Wildman–Crippen MR) is 139 cm³/mol. The van der Waals surface area contributed by atoms with Crippen molar-refractivity contribution in [3.63, 3.8) is 0 Å². The number of fused-ring (bicyclic) bond motifs is 1. The van der Waals surface area contributed by atoms with Gasteiger partial charge in [0.15, 0.2) is 4.80 Å². The van der Waals surface area contributed by atoms with Crippen LogP contribution in [-0.4, -0.2) is 36.3 Å². The molecular formula is C26H26ClN3O4S. The van der Waals surface area contributed by atoms with Crippen molar-refractivity contribution in [3.05, 3.63) is 89.6 Å². The SMILES string of the molecule is CCOC(=O)C1=C(C)N=c2s/c(=C\Cc3cc(Cl)ccc3O)c(=O)n2[C@@H]1c1ccc(N(C)C)cc1.